The topological polar surface area (TPSA) is 50.4 Å². The predicted molar refractivity (Wildman–Crippen MR) is 97.6 cm³/mol. The second kappa shape index (κ2) is 8.10. The van der Waals surface area contributed by atoms with Gasteiger partial charge in [-0.15, -0.1) is 0 Å². The van der Waals surface area contributed by atoms with Crippen LogP contribution in [0.4, 0.5) is 5.69 Å². The van der Waals surface area contributed by atoms with E-state index >= 15 is 0 Å². The zero-order valence-corrected chi connectivity index (χ0v) is 13.8. The Morgan fingerprint density at radius 2 is 1.91 bits per heavy atom. The van der Waals surface area contributed by atoms with Crippen LogP contribution in [0.1, 0.15) is 11.1 Å². The fourth-order valence-corrected chi connectivity index (χ4v) is 2.17. The van der Waals surface area contributed by atoms with Crippen LogP contribution in [0.3, 0.4) is 0 Å². The highest BCUT2D eigenvalue weighted by Gasteiger charge is 2.06. The molecular weight excluding hydrogens is 308 g/mol. The fourth-order valence-electron chi connectivity index (χ4n) is 1.96. The lowest BCUT2D eigenvalue weighted by Crippen LogP contribution is -2.32. The van der Waals surface area contributed by atoms with Crippen molar-refractivity contribution in [2.45, 2.75) is 6.92 Å². The van der Waals surface area contributed by atoms with E-state index in [1.54, 1.807) is 13.2 Å². The van der Waals surface area contributed by atoms with Gasteiger partial charge in [-0.2, -0.15) is 0 Å². The van der Waals surface area contributed by atoms with Crippen LogP contribution >= 0.6 is 12.2 Å². The molecule has 5 heteroatoms. The van der Waals surface area contributed by atoms with Gasteiger partial charge in [0.15, 0.2) is 5.11 Å². The maximum Gasteiger partial charge on any atom is 0.250 e. The number of benzene rings is 2. The second-order valence-electron chi connectivity index (χ2n) is 4.89. The van der Waals surface area contributed by atoms with Gasteiger partial charge in [0.2, 0.25) is 5.91 Å². The molecule has 23 heavy (non-hydrogen) atoms. The maximum atomic E-state index is 11.9. The van der Waals surface area contributed by atoms with Crippen molar-refractivity contribution >= 4 is 35.0 Å². The van der Waals surface area contributed by atoms with E-state index < -0.39 is 0 Å². The Bertz CT molecular complexity index is 727. The number of ether oxygens (including phenoxy) is 1. The SMILES string of the molecule is COc1ccc(C)cc1NC(=S)NC(=O)C=Cc1ccccc1. The first-order valence-corrected chi connectivity index (χ1v) is 7.49. The first kappa shape index (κ1) is 16.7. The van der Waals surface area contributed by atoms with Gasteiger partial charge in [0, 0.05) is 6.08 Å². The summed E-state index contributed by atoms with van der Waals surface area (Å²) in [5.74, 6) is 0.366. The van der Waals surface area contributed by atoms with Crippen molar-refractivity contribution < 1.29 is 9.53 Å². The molecule has 0 radical (unpaired) electrons. The standard InChI is InChI=1S/C18H18N2O2S/c1-13-8-10-16(22-2)15(12-13)19-18(23)20-17(21)11-9-14-6-4-3-5-7-14/h3-12H,1-2H3,(H2,19,20,21,23). The average molecular weight is 326 g/mol. The van der Waals surface area contributed by atoms with E-state index in [-0.39, 0.29) is 11.0 Å². The molecule has 0 unspecified atom stereocenters. The summed E-state index contributed by atoms with van der Waals surface area (Å²) in [6, 6.07) is 15.3. The summed E-state index contributed by atoms with van der Waals surface area (Å²) in [7, 11) is 1.58. The molecule has 0 aliphatic rings. The largest absolute Gasteiger partial charge is 0.495 e. The number of thiocarbonyl (C=S) groups is 1. The number of carbonyl (C=O) groups is 1. The van der Waals surface area contributed by atoms with Gasteiger partial charge in [0.05, 0.1) is 12.8 Å². The lowest BCUT2D eigenvalue weighted by atomic mass is 10.2. The second-order valence-corrected chi connectivity index (χ2v) is 5.30. The smallest absolute Gasteiger partial charge is 0.250 e. The molecule has 1 amide bonds. The van der Waals surface area contributed by atoms with E-state index in [1.165, 1.54) is 6.08 Å². The minimum atomic E-state index is -0.294. The van der Waals surface area contributed by atoms with Crippen molar-refractivity contribution in [2.24, 2.45) is 0 Å². The summed E-state index contributed by atoms with van der Waals surface area (Å²) < 4.78 is 5.26. The molecule has 0 saturated heterocycles. The minimum absolute atomic E-state index is 0.219. The molecular formula is C18H18N2O2S. The highest BCUT2D eigenvalue weighted by Crippen LogP contribution is 2.24. The van der Waals surface area contributed by atoms with Crippen LogP contribution in [0.15, 0.2) is 54.6 Å². The first-order valence-electron chi connectivity index (χ1n) is 7.08. The molecule has 0 saturated carbocycles. The van der Waals surface area contributed by atoms with Gasteiger partial charge in [-0.25, -0.2) is 0 Å². The molecule has 0 aliphatic carbocycles. The third kappa shape index (κ3) is 5.23. The van der Waals surface area contributed by atoms with Crippen LogP contribution in [0.2, 0.25) is 0 Å². The van der Waals surface area contributed by atoms with E-state index in [0.717, 1.165) is 11.1 Å². The van der Waals surface area contributed by atoms with E-state index in [4.69, 9.17) is 17.0 Å². The zero-order valence-electron chi connectivity index (χ0n) is 13.0. The highest BCUT2D eigenvalue weighted by molar-refractivity contribution is 7.80. The number of methoxy groups -OCH3 is 1. The molecule has 0 fully saturated rings. The molecule has 2 rings (SSSR count). The summed E-state index contributed by atoms with van der Waals surface area (Å²) in [6.07, 6.45) is 3.17. The number of rotatable bonds is 4. The summed E-state index contributed by atoms with van der Waals surface area (Å²) in [6.45, 7) is 1.97. The number of anilines is 1. The first-order chi connectivity index (χ1) is 11.1. The van der Waals surface area contributed by atoms with Crippen LogP contribution in [-0.4, -0.2) is 18.1 Å². The van der Waals surface area contributed by atoms with Gasteiger partial charge in [-0.3, -0.25) is 10.1 Å². The molecule has 2 aromatic rings. The average Bonchev–Trinajstić information content (AvgIpc) is 2.54. The molecule has 0 heterocycles. The Morgan fingerprint density at radius 1 is 1.17 bits per heavy atom. The van der Waals surface area contributed by atoms with E-state index in [9.17, 15) is 4.79 Å². The van der Waals surface area contributed by atoms with Crippen LogP contribution in [0.5, 0.6) is 5.75 Å². The normalized spacial score (nSPS) is 10.3. The summed E-state index contributed by atoms with van der Waals surface area (Å²) in [4.78, 5) is 11.9. The van der Waals surface area contributed by atoms with Crippen LogP contribution < -0.4 is 15.4 Å². The lowest BCUT2D eigenvalue weighted by molar-refractivity contribution is -0.115. The van der Waals surface area contributed by atoms with Crippen molar-refractivity contribution in [1.29, 1.82) is 0 Å². The monoisotopic (exact) mass is 326 g/mol. The van der Waals surface area contributed by atoms with Crippen molar-refractivity contribution in [2.75, 3.05) is 12.4 Å². The van der Waals surface area contributed by atoms with Gasteiger partial charge >= 0.3 is 0 Å². The van der Waals surface area contributed by atoms with Crippen molar-refractivity contribution in [3.8, 4) is 5.75 Å². The molecule has 4 nitrogen and oxygen atoms in total. The van der Waals surface area contributed by atoms with Gasteiger partial charge in [-0.05, 0) is 48.5 Å². The Kier molecular flexibility index (Phi) is 5.88. The minimum Gasteiger partial charge on any atom is -0.495 e. The Labute approximate surface area is 141 Å². The highest BCUT2D eigenvalue weighted by atomic mass is 32.1. The number of hydrogen-bond acceptors (Lipinski definition) is 3. The number of hydrogen-bond donors (Lipinski definition) is 2. The molecule has 2 aromatic carbocycles. The summed E-state index contributed by atoms with van der Waals surface area (Å²) in [5.41, 5.74) is 2.72. The molecule has 0 aromatic heterocycles. The Balaban J connectivity index is 1.96. The Morgan fingerprint density at radius 3 is 2.61 bits per heavy atom. The van der Waals surface area contributed by atoms with Gasteiger partial charge in [0.25, 0.3) is 0 Å². The molecule has 0 atom stereocenters. The van der Waals surface area contributed by atoms with Gasteiger partial charge < -0.3 is 10.1 Å². The van der Waals surface area contributed by atoms with Gasteiger partial charge in [-0.1, -0.05) is 36.4 Å². The third-order valence-corrected chi connectivity index (χ3v) is 3.27. The predicted octanol–water partition coefficient (Wildman–Crippen LogP) is 3.53. The number of aryl methyl sites for hydroxylation is 1. The van der Waals surface area contributed by atoms with Crippen LogP contribution in [-0.2, 0) is 4.79 Å². The lowest BCUT2D eigenvalue weighted by Gasteiger charge is -2.12. The molecule has 0 spiro atoms. The quantitative estimate of drug-likeness (QED) is 0.667. The number of nitrogens with one attached hydrogen (secondary N) is 2. The summed E-state index contributed by atoms with van der Waals surface area (Å²) in [5, 5.41) is 5.80. The van der Waals surface area contributed by atoms with Crippen LogP contribution in [0, 0.1) is 6.92 Å². The Hall–Kier alpha value is -2.66. The third-order valence-electron chi connectivity index (χ3n) is 3.07. The van der Waals surface area contributed by atoms with E-state index in [0.29, 0.717) is 11.4 Å². The molecule has 118 valence electrons. The van der Waals surface area contributed by atoms with E-state index in [1.807, 2.05) is 55.5 Å². The molecule has 2 N–H and O–H groups in total. The number of carbonyl (C=O) groups excluding carboxylic acids is 1. The molecule has 0 aliphatic heterocycles. The van der Waals surface area contributed by atoms with Crippen molar-refractivity contribution in [3.05, 3.63) is 65.7 Å². The van der Waals surface area contributed by atoms with Crippen LogP contribution in [0.25, 0.3) is 6.08 Å². The zero-order chi connectivity index (χ0) is 16.7. The maximum absolute atomic E-state index is 11.9. The van der Waals surface area contributed by atoms with Crippen molar-refractivity contribution in [1.82, 2.24) is 5.32 Å². The summed E-state index contributed by atoms with van der Waals surface area (Å²) >= 11 is 5.16. The van der Waals surface area contributed by atoms with E-state index in [2.05, 4.69) is 10.6 Å². The van der Waals surface area contributed by atoms with Gasteiger partial charge in [0.1, 0.15) is 5.75 Å². The number of amides is 1. The fraction of sp³-hybridized carbons (Fsp3) is 0.111. The van der Waals surface area contributed by atoms with Crippen molar-refractivity contribution in [3.63, 3.8) is 0 Å². The molecule has 0 bridgehead atoms.